The molecule has 0 saturated heterocycles. The summed E-state index contributed by atoms with van der Waals surface area (Å²) >= 11 is 0. The molecule has 0 fully saturated rings. The molecule has 0 aromatic heterocycles. The number of ether oxygens (including phenoxy) is 4. The van der Waals surface area contributed by atoms with Crippen LogP contribution in [-0.2, 0) is 0 Å². The van der Waals surface area contributed by atoms with Crippen molar-refractivity contribution in [2.24, 2.45) is 0 Å². The summed E-state index contributed by atoms with van der Waals surface area (Å²) in [5.41, 5.74) is 4.54. The second-order valence-electron chi connectivity index (χ2n) is 8.08. The van der Waals surface area contributed by atoms with Gasteiger partial charge in [-0.25, -0.2) is 0 Å². The third-order valence-electron chi connectivity index (χ3n) is 6.00. The van der Waals surface area contributed by atoms with Gasteiger partial charge in [0.1, 0.15) is 23.0 Å². The van der Waals surface area contributed by atoms with E-state index in [4.69, 9.17) is 18.9 Å². The minimum absolute atomic E-state index is 0.701. The number of benzene rings is 4. The van der Waals surface area contributed by atoms with Gasteiger partial charge in [-0.1, -0.05) is 65.7 Å². The molecule has 0 saturated carbocycles. The topological polar surface area (TPSA) is 36.9 Å². The molecule has 0 spiro atoms. The van der Waals surface area contributed by atoms with E-state index in [1.54, 1.807) is 28.4 Å². The lowest BCUT2D eigenvalue weighted by atomic mass is 10.0. The predicted octanol–water partition coefficient (Wildman–Crippen LogP) is 6.36. The number of hydrogen-bond acceptors (Lipinski definition) is 4. The Bertz CT molecular complexity index is 1200. The van der Waals surface area contributed by atoms with Crippen molar-refractivity contribution in [3.63, 3.8) is 0 Å². The van der Waals surface area contributed by atoms with Crippen LogP contribution >= 0.6 is 17.2 Å². The van der Waals surface area contributed by atoms with Crippen molar-refractivity contribution < 1.29 is 18.9 Å². The standard InChI is InChI=1S/C30H32O4P2/c1-31-21-13-15-27(33-3)25(19-21)23-9-5-7-11-29(23)35-17-18-36-30-12-8-6-10-24(30)26-20-22(32-2)14-16-28(26)34-4/h5-16,19-20,35-36H,17-18H2,1-4H3. The molecule has 6 heteroatoms. The molecule has 2 unspecified atom stereocenters. The zero-order valence-electron chi connectivity index (χ0n) is 21.1. The molecule has 0 heterocycles. The van der Waals surface area contributed by atoms with Crippen LogP contribution in [0.1, 0.15) is 0 Å². The average Bonchev–Trinajstić information content (AvgIpc) is 2.95. The van der Waals surface area contributed by atoms with Gasteiger partial charge in [-0.05, 0) is 70.5 Å². The maximum atomic E-state index is 5.66. The van der Waals surface area contributed by atoms with Crippen molar-refractivity contribution >= 4 is 27.8 Å². The minimum atomic E-state index is 0.701. The largest absolute Gasteiger partial charge is 0.497 e. The first-order valence-electron chi connectivity index (χ1n) is 11.8. The summed E-state index contributed by atoms with van der Waals surface area (Å²) in [6.45, 7) is 0. The molecule has 4 rings (SSSR count). The van der Waals surface area contributed by atoms with E-state index in [1.165, 1.54) is 21.7 Å². The predicted molar refractivity (Wildman–Crippen MR) is 156 cm³/mol. The van der Waals surface area contributed by atoms with Crippen LogP contribution in [0.2, 0.25) is 0 Å². The van der Waals surface area contributed by atoms with Gasteiger partial charge in [0.05, 0.1) is 28.4 Å². The van der Waals surface area contributed by atoms with Gasteiger partial charge >= 0.3 is 0 Å². The van der Waals surface area contributed by atoms with Gasteiger partial charge in [0.25, 0.3) is 0 Å². The van der Waals surface area contributed by atoms with E-state index >= 15 is 0 Å². The first-order chi connectivity index (χ1) is 17.7. The van der Waals surface area contributed by atoms with Crippen molar-refractivity contribution in [2.75, 3.05) is 40.8 Å². The molecule has 4 aromatic rings. The molecule has 4 nitrogen and oxygen atoms in total. The Morgan fingerprint density at radius 3 is 1.28 bits per heavy atom. The van der Waals surface area contributed by atoms with E-state index in [2.05, 4.69) is 60.7 Å². The smallest absolute Gasteiger partial charge is 0.126 e. The molecule has 0 N–H and O–H groups in total. The monoisotopic (exact) mass is 518 g/mol. The fourth-order valence-corrected chi connectivity index (χ4v) is 6.97. The zero-order valence-corrected chi connectivity index (χ0v) is 23.1. The highest BCUT2D eigenvalue weighted by molar-refractivity contribution is 7.51. The van der Waals surface area contributed by atoms with Crippen molar-refractivity contribution in [1.29, 1.82) is 0 Å². The molecule has 4 aromatic carbocycles. The van der Waals surface area contributed by atoms with E-state index < -0.39 is 0 Å². The fraction of sp³-hybridized carbons (Fsp3) is 0.200. The van der Waals surface area contributed by atoms with Gasteiger partial charge in [-0.2, -0.15) is 0 Å². The van der Waals surface area contributed by atoms with E-state index in [0.717, 1.165) is 46.4 Å². The Kier molecular flexibility index (Phi) is 9.23. The summed E-state index contributed by atoms with van der Waals surface area (Å²) < 4.78 is 22.3. The molecule has 0 aliphatic carbocycles. The van der Waals surface area contributed by atoms with Crippen LogP contribution < -0.4 is 29.6 Å². The molecular weight excluding hydrogens is 486 g/mol. The second-order valence-corrected chi connectivity index (χ2v) is 10.9. The van der Waals surface area contributed by atoms with Crippen molar-refractivity contribution in [3.8, 4) is 45.3 Å². The molecule has 2 atom stereocenters. The lowest BCUT2D eigenvalue weighted by Gasteiger charge is -2.16. The van der Waals surface area contributed by atoms with Gasteiger partial charge in [-0.3, -0.25) is 0 Å². The lowest BCUT2D eigenvalue weighted by molar-refractivity contribution is 0.404. The van der Waals surface area contributed by atoms with Crippen LogP contribution in [0.5, 0.6) is 23.0 Å². The Morgan fingerprint density at radius 1 is 0.472 bits per heavy atom. The molecule has 0 amide bonds. The maximum absolute atomic E-state index is 5.66. The van der Waals surface area contributed by atoms with Gasteiger partial charge < -0.3 is 18.9 Å². The van der Waals surface area contributed by atoms with Crippen molar-refractivity contribution in [2.45, 2.75) is 0 Å². The third kappa shape index (κ3) is 6.01. The molecular formula is C30H32O4P2. The Labute approximate surface area is 217 Å². The zero-order chi connectivity index (χ0) is 25.3. The quantitative estimate of drug-likeness (QED) is 0.171. The summed E-state index contributed by atoms with van der Waals surface area (Å²) in [6.07, 6.45) is 2.23. The number of hydrogen-bond donors (Lipinski definition) is 0. The maximum Gasteiger partial charge on any atom is 0.126 e. The van der Waals surface area contributed by atoms with E-state index in [9.17, 15) is 0 Å². The summed E-state index contributed by atoms with van der Waals surface area (Å²) in [6, 6.07) is 29.1. The minimum Gasteiger partial charge on any atom is -0.497 e. The summed E-state index contributed by atoms with van der Waals surface area (Å²) in [5.74, 6) is 3.37. The summed E-state index contributed by atoms with van der Waals surface area (Å²) in [7, 11) is 8.22. The third-order valence-corrected chi connectivity index (χ3v) is 9.14. The lowest BCUT2D eigenvalue weighted by Crippen LogP contribution is -2.05. The van der Waals surface area contributed by atoms with E-state index in [-0.39, 0.29) is 0 Å². The van der Waals surface area contributed by atoms with Crippen LogP contribution in [0.3, 0.4) is 0 Å². The van der Waals surface area contributed by atoms with Gasteiger partial charge in [-0.15, -0.1) is 0 Å². The van der Waals surface area contributed by atoms with Gasteiger partial charge in [0, 0.05) is 11.1 Å². The van der Waals surface area contributed by atoms with Crippen LogP contribution in [0.4, 0.5) is 0 Å². The number of rotatable bonds is 11. The molecule has 186 valence electrons. The highest BCUT2D eigenvalue weighted by atomic mass is 31.1. The first kappa shape index (κ1) is 26.0. The first-order valence-corrected chi connectivity index (χ1v) is 14.2. The average molecular weight is 519 g/mol. The van der Waals surface area contributed by atoms with E-state index in [1.807, 2.05) is 24.3 Å². The second kappa shape index (κ2) is 12.8. The molecule has 36 heavy (non-hydrogen) atoms. The highest BCUT2D eigenvalue weighted by Gasteiger charge is 2.13. The molecule has 0 aliphatic rings. The molecule has 0 aliphatic heterocycles. The molecule has 0 radical (unpaired) electrons. The Morgan fingerprint density at radius 2 is 0.889 bits per heavy atom. The number of methoxy groups -OCH3 is 4. The summed E-state index contributed by atoms with van der Waals surface area (Å²) in [4.78, 5) is 0. The van der Waals surface area contributed by atoms with Crippen molar-refractivity contribution in [3.05, 3.63) is 84.9 Å². The SMILES string of the molecule is COc1ccc(OC)c(-c2ccccc2PCCPc2ccccc2-c2cc(OC)ccc2OC)c1. The fourth-order valence-electron chi connectivity index (χ4n) is 4.19. The van der Waals surface area contributed by atoms with Crippen LogP contribution in [0, 0.1) is 0 Å². The van der Waals surface area contributed by atoms with Crippen LogP contribution in [0.15, 0.2) is 84.9 Å². The molecule has 0 bridgehead atoms. The van der Waals surface area contributed by atoms with Gasteiger partial charge in [0.2, 0.25) is 0 Å². The normalized spacial score (nSPS) is 11.3. The van der Waals surface area contributed by atoms with Crippen LogP contribution in [-0.4, -0.2) is 40.8 Å². The van der Waals surface area contributed by atoms with Crippen molar-refractivity contribution in [1.82, 2.24) is 0 Å². The Hall–Kier alpha value is -3.06. The van der Waals surface area contributed by atoms with Gasteiger partial charge in [0.15, 0.2) is 0 Å². The van der Waals surface area contributed by atoms with E-state index in [0.29, 0.717) is 17.2 Å². The highest BCUT2D eigenvalue weighted by Crippen LogP contribution is 2.36. The van der Waals surface area contributed by atoms with Crippen LogP contribution in [0.25, 0.3) is 22.3 Å². The Balaban J connectivity index is 1.51. The summed E-state index contributed by atoms with van der Waals surface area (Å²) in [5, 5.41) is 2.69.